The second-order valence-corrected chi connectivity index (χ2v) is 8.97. The van der Waals surface area contributed by atoms with Gasteiger partial charge in [-0.15, -0.1) is 0 Å². The summed E-state index contributed by atoms with van der Waals surface area (Å²) in [6.07, 6.45) is 6.38. The number of hydrogen-bond acceptors (Lipinski definition) is 2. The zero-order valence-corrected chi connectivity index (χ0v) is 20.5. The Morgan fingerprint density at radius 2 is 1.42 bits per heavy atom. The molecule has 1 aliphatic carbocycles. The van der Waals surface area contributed by atoms with E-state index in [4.69, 9.17) is 9.47 Å². The third-order valence-corrected chi connectivity index (χ3v) is 6.72. The van der Waals surface area contributed by atoms with E-state index in [-0.39, 0.29) is 35.3 Å². The van der Waals surface area contributed by atoms with Gasteiger partial charge in [-0.05, 0) is 80.7 Å². The Hall–Kier alpha value is -3.28. The van der Waals surface area contributed by atoms with Gasteiger partial charge in [0.2, 0.25) is 5.82 Å². The van der Waals surface area contributed by atoms with E-state index < -0.39 is 23.3 Å². The van der Waals surface area contributed by atoms with Crippen LogP contribution in [0.2, 0.25) is 0 Å². The first kappa shape index (κ1) is 25.8. The van der Waals surface area contributed by atoms with E-state index >= 15 is 0 Å². The molecule has 3 aromatic carbocycles. The fourth-order valence-electron chi connectivity index (χ4n) is 4.80. The Kier molecular flexibility index (Phi) is 8.34. The molecule has 0 saturated heterocycles. The van der Waals surface area contributed by atoms with Gasteiger partial charge in [0.15, 0.2) is 23.2 Å². The summed E-state index contributed by atoms with van der Waals surface area (Å²) in [4.78, 5) is 0. The topological polar surface area (TPSA) is 18.5 Å². The molecule has 4 rings (SSSR count). The highest BCUT2D eigenvalue weighted by atomic mass is 19.2. The van der Waals surface area contributed by atoms with Gasteiger partial charge in [0.05, 0.1) is 13.2 Å². The molecule has 0 aliphatic heterocycles. The first-order chi connectivity index (χ1) is 17.4. The lowest BCUT2D eigenvalue weighted by Crippen LogP contribution is -2.14. The van der Waals surface area contributed by atoms with Crippen molar-refractivity contribution in [2.45, 2.75) is 45.4 Å². The van der Waals surface area contributed by atoms with Crippen LogP contribution < -0.4 is 9.47 Å². The second-order valence-electron chi connectivity index (χ2n) is 8.97. The minimum Gasteiger partial charge on any atom is -0.494 e. The maximum Gasteiger partial charge on any atom is 0.200 e. The molecule has 1 fully saturated rings. The lowest BCUT2D eigenvalue weighted by molar-refractivity contribution is 0.310. The van der Waals surface area contributed by atoms with Gasteiger partial charge < -0.3 is 9.47 Å². The zero-order chi connectivity index (χ0) is 25.7. The number of halogens is 4. The fraction of sp³-hybridized carbons (Fsp3) is 0.333. The van der Waals surface area contributed by atoms with Gasteiger partial charge in [-0.3, -0.25) is 0 Å². The van der Waals surface area contributed by atoms with Crippen molar-refractivity contribution < 1.29 is 27.0 Å². The summed E-state index contributed by atoms with van der Waals surface area (Å²) in [5.74, 6) is -2.89. The van der Waals surface area contributed by atoms with Crippen LogP contribution >= 0.6 is 0 Å². The Balaban J connectivity index is 1.41. The van der Waals surface area contributed by atoms with Crippen LogP contribution in [0.1, 0.15) is 56.6 Å². The minimum atomic E-state index is -0.942. The number of hydrogen-bond donors (Lipinski definition) is 0. The minimum absolute atomic E-state index is 0.0711. The van der Waals surface area contributed by atoms with Gasteiger partial charge in [0.25, 0.3) is 0 Å². The maximum atomic E-state index is 14.8. The van der Waals surface area contributed by atoms with Crippen molar-refractivity contribution >= 4 is 6.08 Å². The van der Waals surface area contributed by atoms with Gasteiger partial charge in [-0.1, -0.05) is 42.5 Å². The van der Waals surface area contributed by atoms with E-state index in [1.54, 1.807) is 55.5 Å². The normalized spacial score (nSPS) is 17.9. The van der Waals surface area contributed by atoms with Crippen LogP contribution in [-0.4, -0.2) is 13.2 Å². The van der Waals surface area contributed by atoms with Crippen molar-refractivity contribution in [1.82, 2.24) is 0 Å². The standard InChI is InChI=1S/C30H30F4O2/c1-3-35-23-14-11-21(12-15-23)24-16-13-22(27(31)28(24)32)10-7-19-5-8-20(9-6-19)25-17-18-26(36-4-2)30(34)29(25)33/h7,10-20H,3-6,8-9H2,1-2H3/b10-7+. The smallest absolute Gasteiger partial charge is 0.200 e. The van der Waals surface area contributed by atoms with Gasteiger partial charge in [-0.25, -0.2) is 13.2 Å². The summed E-state index contributed by atoms with van der Waals surface area (Å²) in [5, 5.41) is 0. The molecule has 0 unspecified atom stereocenters. The highest BCUT2D eigenvalue weighted by Gasteiger charge is 2.26. The summed E-state index contributed by atoms with van der Waals surface area (Å²) in [6, 6.07) is 13.1. The summed E-state index contributed by atoms with van der Waals surface area (Å²) in [7, 11) is 0. The molecule has 0 aromatic heterocycles. The Morgan fingerprint density at radius 3 is 2.08 bits per heavy atom. The maximum absolute atomic E-state index is 14.8. The largest absolute Gasteiger partial charge is 0.494 e. The van der Waals surface area contributed by atoms with Crippen molar-refractivity contribution in [3.8, 4) is 22.6 Å². The number of allylic oxidation sites excluding steroid dienone is 1. The highest BCUT2D eigenvalue weighted by Crippen LogP contribution is 2.39. The summed E-state index contributed by atoms with van der Waals surface area (Å²) in [6.45, 7) is 4.39. The summed E-state index contributed by atoms with van der Waals surface area (Å²) < 4.78 is 69.0. The first-order valence-corrected chi connectivity index (χ1v) is 12.4. The van der Waals surface area contributed by atoms with Gasteiger partial charge in [0.1, 0.15) is 5.75 Å². The molecule has 1 saturated carbocycles. The SMILES string of the molecule is CCOc1ccc(-c2ccc(/C=C/C3CCC(c4ccc(OCC)c(F)c4F)CC3)c(F)c2F)cc1. The predicted molar refractivity (Wildman–Crippen MR) is 134 cm³/mol. The number of rotatable bonds is 8. The van der Waals surface area contributed by atoms with Crippen LogP contribution in [0.3, 0.4) is 0 Å². The van der Waals surface area contributed by atoms with E-state index in [0.717, 1.165) is 12.8 Å². The average molecular weight is 499 g/mol. The molecule has 0 bridgehead atoms. The quantitative estimate of drug-likeness (QED) is 0.289. The van der Waals surface area contributed by atoms with E-state index in [2.05, 4.69) is 0 Å². The molecule has 190 valence electrons. The second kappa shape index (κ2) is 11.6. The lowest BCUT2D eigenvalue weighted by Gasteiger charge is -2.27. The van der Waals surface area contributed by atoms with E-state index in [9.17, 15) is 17.6 Å². The fourth-order valence-corrected chi connectivity index (χ4v) is 4.80. The molecule has 0 atom stereocenters. The van der Waals surface area contributed by atoms with Crippen LogP contribution in [0.4, 0.5) is 17.6 Å². The third kappa shape index (κ3) is 5.58. The Bertz CT molecular complexity index is 1210. The molecular formula is C30H30F4O2. The zero-order valence-electron chi connectivity index (χ0n) is 20.5. The molecule has 6 heteroatoms. The lowest BCUT2D eigenvalue weighted by atomic mass is 9.78. The molecule has 0 radical (unpaired) electrons. The average Bonchev–Trinajstić information content (AvgIpc) is 2.89. The van der Waals surface area contributed by atoms with Crippen molar-refractivity contribution in [1.29, 1.82) is 0 Å². The van der Waals surface area contributed by atoms with E-state index in [1.807, 2.05) is 13.0 Å². The van der Waals surface area contributed by atoms with Crippen molar-refractivity contribution in [2.24, 2.45) is 5.92 Å². The molecule has 0 N–H and O–H groups in total. The number of ether oxygens (including phenoxy) is 2. The van der Waals surface area contributed by atoms with Gasteiger partial charge >= 0.3 is 0 Å². The summed E-state index contributed by atoms with van der Waals surface area (Å²) >= 11 is 0. The monoisotopic (exact) mass is 498 g/mol. The predicted octanol–water partition coefficient (Wildman–Crippen LogP) is 8.69. The van der Waals surface area contributed by atoms with E-state index in [0.29, 0.717) is 36.3 Å². The number of benzene rings is 3. The van der Waals surface area contributed by atoms with Crippen LogP contribution in [0.25, 0.3) is 17.2 Å². The van der Waals surface area contributed by atoms with Crippen molar-refractivity contribution in [2.75, 3.05) is 13.2 Å². The van der Waals surface area contributed by atoms with Crippen LogP contribution in [0.15, 0.2) is 54.6 Å². The molecule has 2 nitrogen and oxygen atoms in total. The molecule has 0 heterocycles. The van der Waals surface area contributed by atoms with Crippen molar-refractivity contribution in [3.63, 3.8) is 0 Å². The first-order valence-electron chi connectivity index (χ1n) is 12.4. The van der Waals surface area contributed by atoms with Crippen LogP contribution in [0.5, 0.6) is 11.5 Å². The van der Waals surface area contributed by atoms with Crippen molar-refractivity contribution in [3.05, 3.63) is 89.0 Å². The molecule has 36 heavy (non-hydrogen) atoms. The van der Waals surface area contributed by atoms with Gasteiger partial charge in [0, 0.05) is 11.1 Å². The molecular weight excluding hydrogens is 468 g/mol. The van der Waals surface area contributed by atoms with Gasteiger partial charge in [-0.2, -0.15) is 4.39 Å². The summed E-state index contributed by atoms with van der Waals surface area (Å²) in [5.41, 5.74) is 1.32. The third-order valence-electron chi connectivity index (χ3n) is 6.72. The molecule has 0 amide bonds. The Morgan fingerprint density at radius 1 is 0.722 bits per heavy atom. The molecule has 1 aliphatic rings. The van der Waals surface area contributed by atoms with Crippen LogP contribution in [-0.2, 0) is 0 Å². The van der Waals surface area contributed by atoms with Crippen LogP contribution in [0, 0.1) is 29.2 Å². The van der Waals surface area contributed by atoms with E-state index in [1.165, 1.54) is 6.07 Å². The molecule has 3 aromatic rings. The highest BCUT2D eigenvalue weighted by molar-refractivity contribution is 5.67. The molecule has 0 spiro atoms. The Labute approximate surface area is 209 Å².